The van der Waals surface area contributed by atoms with Gasteiger partial charge in [0, 0.05) is 29.2 Å². The zero-order valence-corrected chi connectivity index (χ0v) is 19.8. The third-order valence-corrected chi connectivity index (χ3v) is 7.59. The number of carbonyl (C=O) groups excluding carboxylic acids is 1. The third kappa shape index (κ3) is 4.01. The normalized spacial score (nSPS) is 28.4. The fourth-order valence-electron chi connectivity index (χ4n) is 5.54. The number of hydrogen-bond acceptors (Lipinski definition) is 6. The van der Waals surface area contributed by atoms with Gasteiger partial charge in [-0.05, 0) is 17.9 Å². The van der Waals surface area contributed by atoms with Gasteiger partial charge in [-0.2, -0.15) is 0 Å². The summed E-state index contributed by atoms with van der Waals surface area (Å²) >= 11 is 0. The maximum atomic E-state index is 15.0. The molecule has 6 atom stereocenters. The molecule has 188 valence electrons. The predicted octanol–water partition coefficient (Wildman–Crippen LogP) is 4.26. The second kappa shape index (κ2) is 8.76. The summed E-state index contributed by atoms with van der Waals surface area (Å²) in [6, 6.07) is 20.2. The van der Waals surface area contributed by atoms with Crippen LogP contribution in [-0.4, -0.2) is 58.5 Å². The van der Waals surface area contributed by atoms with Crippen molar-refractivity contribution < 1.29 is 28.5 Å². The monoisotopic (exact) mass is 500 g/mol. The second-order valence-electron chi connectivity index (χ2n) is 10.0. The summed E-state index contributed by atoms with van der Waals surface area (Å²) in [6.45, 7) is 0.529. The van der Waals surface area contributed by atoms with Crippen molar-refractivity contribution in [3.8, 4) is 17.1 Å². The summed E-state index contributed by atoms with van der Waals surface area (Å²) in [4.78, 5) is 20.3. The number of aliphatic hydroxyl groups excluding tert-OH is 1. The van der Waals surface area contributed by atoms with Gasteiger partial charge in [-0.15, -0.1) is 0 Å². The van der Waals surface area contributed by atoms with E-state index in [0.717, 1.165) is 17.5 Å². The Balaban J connectivity index is 1.08. The van der Waals surface area contributed by atoms with E-state index in [0.29, 0.717) is 29.1 Å². The van der Waals surface area contributed by atoms with Gasteiger partial charge in [0.2, 0.25) is 0 Å². The Labute approximate surface area is 212 Å². The number of aliphatic hydroxyl groups is 1. The van der Waals surface area contributed by atoms with Gasteiger partial charge in [0.05, 0.1) is 24.2 Å². The fraction of sp³-hybridized carbons (Fsp3) is 0.310. The van der Waals surface area contributed by atoms with E-state index in [9.17, 15) is 9.90 Å². The van der Waals surface area contributed by atoms with Crippen LogP contribution in [0.5, 0.6) is 5.88 Å². The van der Waals surface area contributed by atoms with E-state index >= 15 is 4.39 Å². The van der Waals surface area contributed by atoms with Gasteiger partial charge in [0.1, 0.15) is 24.0 Å². The first-order valence-corrected chi connectivity index (χ1v) is 12.5. The van der Waals surface area contributed by atoms with Crippen LogP contribution in [0.15, 0.2) is 66.7 Å². The maximum Gasteiger partial charge on any atom is 0.193 e. The van der Waals surface area contributed by atoms with Crippen LogP contribution in [0.25, 0.3) is 22.3 Å². The highest BCUT2D eigenvalue weighted by Crippen LogP contribution is 2.49. The summed E-state index contributed by atoms with van der Waals surface area (Å²) in [5.74, 6) is 0.362. The fourth-order valence-corrected chi connectivity index (χ4v) is 5.54. The highest BCUT2D eigenvalue weighted by atomic mass is 19.1. The number of rotatable bonds is 6. The van der Waals surface area contributed by atoms with E-state index in [1.165, 1.54) is 6.07 Å². The van der Waals surface area contributed by atoms with Gasteiger partial charge in [0.15, 0.2) is 23.6 Å². The third-order valence-electron chi connectivity index (χ3n) is 7.59. The summed E-state index contributed by atoms with van der Waals surface area (Å²) in [5, 5.41) is 9.92. The molecule has 2 saturated heterocycles. The number of aromatic amines is 1. The molecule has 2 aliphatic heterocycles. The molecule has 0 spiro atoms. The minimum atomic E-state index is -0.652. The lowest BCUT2D eigenvalue weighted by atomic mass is 10.0. The smallest absolute Gasteiger partial charge is 0.193 e. The molecule has 0 amide bonds. The first kappa shape index (κ1) is 22.6. The molecule has 1 aliphatic carbocycles. The number of nitrogens with zero attached hydrogens (tertiary/aromatic N) is 1. The number of hydrogen-bond donors (Lipinski definition) is 2. The van der Waals surface area contributed by atoms with Crippen LogP contribution in [0.4, 0.5) is 4.39 Å². The molecule has 4 aromatic rings. The predicted molar refractivity (Wildman–Crippen MR) is 133 cm³/mol. The van der Waals surface area contributed by atoms with Crippen LogP contribution in [-0.2, 0) is 9.47 Å². The van der Waals surface area contributed by atoms with E-state index in [4.69, 9.17) is 14.2 Å². The van der Waals surface area contributed by atoms with Crippen molar-refractivity contribution in [1.82, 2.24) is 9.97 Å². The summed E-state index contributed by atoms with van der Waals surface area (Å²) < 4.78 is 32.3. The Morgan fingerprint density at radius 3 is 2.62 bits per heavy atom. The van der Waals surface area contributed by atoms with E-state index in [1.807, 2.05) is 54.6 Å². The van der Waals surface area contributed by atoms with Crippen molar-refractivity contribution in [2.24, 2.45) is 5.92 Å². The number of aromatic nitrogens is 2. The molecule has 2 aromatic heterocycles. The van der Waals surface area contributed by atoms with Crippen molar-refractivity contribution in [3.63, 3.8) is 0 Å². The molecule has 7 rings (SSSR count). The standard InChI is InChI=1S/C29H25FN2O5/c30-20-11-21-22(12-25(31-21)37-24-14-36-28-23(33)13-35-29(24)28)32-26(20)16-8-6-15(7-9-16)18-10-19(18)27(34)17-4-2-1-3-5-17/h1-9,11-12,18-19,23-24,28-29,31,33H,10,13-14H2/t18?,19?,23-,24-,28-,29-/m1/s1. The van der Waals surface area contributed by atoms with Crippen molar-refractivity contribution in [2.75, 3.05) is 13.2 Å². The Morgan fingerprint density at radius 1 is 1.03 bits per heavy atom. The molecule has 7 nitrogen and oxygen atoms in total. The lowest BCUT2D eigenvalue weighted by Crippen LogP contribution is -2.34. The molecule has 2 aromatic carbocycles. The van der Waals surface area contributed by atoms with Crippen molar-refractivity contribution in [2.45, 2.75) is 36.8 Å². The van der Waals surface area contributed by atoms with Gasteiger partial charge in [-0.1, -0.05) is 54.6 Å². The van der Waals surface area contributed by atoms with Gasteiger partial charge in [0.25, 0.3) is 0 Å². The van der Waals surface area contributed by atoms with Gasteiger partial charge in [-0.25, -0.2) is 9.37 Å². The lowest BCUT2D eigenvalue weighted by Gasteiger charge is -2.16. The van der Waals surface area contributed by atoms with Crippen LogP contribution in [0.1, 0.15) is 28.3 Å². The molecule has 0 radical (unpaired) electrons. The molecular weight excluding hydrogens is 475 g/mol. The number of pyridine rings is 1. The topological polar surface area (TPSA) is 93.7 Å². The quantitative estimate of drug-likeness (QED) is 0.384. The summed E-state index contributed by atoms with van der Waals surface area (Å²) in [6.07, 6.45) is -0.917. The van der Waals surface area contributed by atoms with E-state index in [-0.39, 0.29) is 48.2 Å². The number of fused-ring (bicyclic) bond motifs is 2. The Hall–Kier alpha value is -3.59. The lowest BCUT2D eigenvalue weighted by molar-refractivity contribution is 0.00794. The molecule has 0 bridgehead atoms. The first-order chi connectivity index (χ1) is 18.0. The minimum Gasteiger partial charge on any atom is -0.470 e. The van der Waals surface area contributed by atoms with Gasteiger partial charge < -0.3 is 24.3 Å². The number of ether oxygens (including phenoxy) is 3. The SMILES string of the molecule is O=C(c1ccccc1)C1CC1c1ccc(-c2nc3cc(O[C@@H]4CO[C@H]5[C@@H]4OC[C@H]5O)[nH]c3cc2F)cc1. The Bertz CT molecular complexity index is 1470. The molecule has 2 unspecified atom stereocenters. The number of ketones is 1. The van der Waals surface area contributed by atoms with Gasteiger partial charge >= 0.3 is 0 Å². The zero-order valence-electron chi connectivity index (χ0n) is 19.8. The molecule has 3 fully saturated rings. The van der Waals surface area contributed by atoms with Crippen LogP contribution in [0, 0.1) is 11.7 Å². The number of nitrogens with one attached hydrogen (secondary N) is 1. The molecule has 1 saturated carbocycles. The highest BCUT2D eigenvalue weighted by molar-refractivity contribution is 6.00. The average molecular weight is 501 g/mol. The Kier molecular flexibility index (Phi) is 5.35. The molecule has 4 heterocycles. The molecule has 3 aliphatic rings. The second-order valence-corrected chi connectivity index (χ2v) is 10.0. The highest BCUT2D eigenvalue weighted by Gasteiger charge is 2.48. The van der Waals surface area contributed by atoms with Crippen LogP contribution in [0.3, 0.4) is 0 Å². The number of benzene rings is 2. The van der Waals surface area contributed by atoms with Crippen LogP contribution in [0.2, 0.25) is 0 Å². The number of Topliss-reactive ketones (excluding diaryl/α,β-unsaturated/α-hetero) is 1. The van der Waals surface area contributed by atoms with Crippen molar-refractivity contribution in [1.29, 1.82) is 0 Å². The average Bonchev–Trinajstić information content (AvgIpc) is 3.26. The largest absolute Gasteiger partial charge is 0.470 e. The van der Waals surface area contributed by atoms with Gasteiger partial charge in [-0.3, -0.25) is 4.79 Å². The van der Waals surface area contributed by atoms with Crippen LogP contribution >= 0.6 is 0 Å². The first-order valence-electron chi connectivity index (χ1n) is 12.5. The number of carbonyl (C=O) groups is 1. The molecule has 2 N–H and O–H groups in total. The van der Waals surface area contributed by atoms with E-state index < -0.39 is 11.9 Å². The Morgan fingerprint density at radius 2 is 1.81 bits per heavy atom. The van der Waals surface area contributed by atoms with Crippen LogP contribution < -0.4 is 4.74 Å². The maximum absolute atomic E-state index is 15.0. The summed E-state index contributed by atoms with van der Waals surface area (Å²) in [7, 11) is 0. The molecule has 37 heavy (non-hydrogen) atoms. The van der Waals surface area contributed by atoms with E-state index in [1.54, 1.807) is 6.07 Å². The molecule has 8 heteroatoms. The number of halogens is 1. The minimum absolute atomic E-state index is 0.00354. The summed E-state index contributed by atoms with van der Waals surface area (Å²) in [5.41, 5.74) is 3.84. The molecular formula is C29H25FN2O5. The number of H-pyrrole nitrogens is 1. The zero-order chi connectivity index (χ0) is 25.1. The van der Waals surface area contributed by atoms with Crippen molar-refractivity contribution in [3.05, 3.63) is 83.7 Å². The van der Waals surface area contributed by atoms with Crippen molar-refractivity contribution >= 4 is 16.8 Å². The van der Waals surface area contributed by atoms with E-state index in [2.05, 4.69) is 9.97 Å².